The minimum Gasteiger partial charge on any atom is -0.497 e. The van der Waals surface area contributed by atoms with Crippen LogP contribution in [0.15, 0.2) is 24.3 Å². The van der Waals surface area contributed by atoms with E-state index in [1.54, 1.807) is 7.11 Å². The van der Waals surface area contributed by atoms with E-state index >= 15 is 0 Å². The maximum absolute atomic E-state index is 12.6. The molecule has 0 bridgehead atoms. The van der Waals surface area contributed by atoms with Crippen molar-refractivity contribution in [2.45, 2.75) is 44.4 Å². The number of nitrogens with one attached hydrogen (secondary N) is 2. The number of rotatable bonds is 6. The lowest BCUT2D eigenvalue weighted by atomic mass is 10.0. The Morgan fingerprint density at radius 2 is 2.04 bits per heavy atom. The van der Waals surface area contributed by atoms with Crippen molar-refractivity contribution >= 4 is 5.91 Å². The van der Waals surface area contributed by atoms with Gasteiger partial charge in [0.1, 0.15) is 11.8 Å². The van der Waals surface area contributed by atoms with Crippen molar-refractivity contribution in [2.75, 3.05) is 39.9 Å². The standard InChI is InChI=1S/C20H31N3O3/c1-15-19(21-10-13-26-15)20(24)22-14-18(23-11-4-3-5-12-23)16-6-8-17(25-2)9-7-16/h6-9,15,18-19,21H,3-5,10-14H2,1-2H3,(H,22,24)/t15-,18?,19+/m1/s1. The van der Waals surface area contributed by atoms with Gasteiger partial charge >= 0.3 is 0 Å². The first-order valence-electron chi connectivity index (χ1n) is 9.69. The maximum atomic E-state index is 12.6. The molecular formula is C20H31N3O3. The van der Waals surface area contributed by atoms with E-state index in [4.69, 9.17) is 9.47 Å². The van der Waals surface area contributed by atoms with Gasteiger partial charge in [0, 0.05) is 13.1 Å². The molecule has 6 nitrogen and oxygen atoms in total. The molecular weight excluding hydrogens is 330 g/mol. The third-order valence-electron chi connectivity index (χ3n) is 5.40. The Morgan fingerprint density at radius 1 is 1.31 bits per heavy atom. The predicted molar refractivity (Wildman–Crippen MR) is 101 cm³/mol. The fourth-order valence-electron chi connectivity index (χ4n) is 3.85. The Bertz CT molecular complexity index is 572. The summed E-state index contributed by atoms with van der Waals surface area (Å²) in [5.41, 5.74) is 1.22. The average Bonchev–Trinajstić information content (AvgIpc) is 2.69. The third kappa shape index (κ3) is 4.75. The van der Waals surface area contributed by atoms with E-state index < -0.39 is 0 Å². The number of methoxy groups -OCH3 is 1. The van der Waals surface area contributed by atoms with Gasteiger partial charge in [0.2, 0.25) is 5.91 Å². The summed E-state index contributed by atoms with van der Waals surface area (Å²) in [6.45, 7) is 6.09. The molecule has 0 aromatic heterocycles. The normalized spacial score (nSPS) is 25.5. The molecule has 26 heavy (non-hydrogen) atoms. The van der Waals surface area contributed by atoms with Crippen molar-refractivity contribution in [1.82, 2.24) is 15.5 Å². The molecule has 0 spiro atoms. The predicted octanol–water partition coefficient (Wildman–Crippen LogP) is 1.72. The Labute approximate surface area is 156 Å². The van der Waals surface area contributed by atoms with Crippen LogP contribution in [0.5, 0.6) is 5.75 Å². The fourth-order valence-corrected chi connectivity index (χ4v) is 3.85. The zero-order chi connectivity index (χ0) is 18.4. The first-order valence-corrected chi connectivity index (χ1v) is 9.69. The molecule has 3 atom stereocenters. The second-order valence-corrected chi connectivity index (χ2v) is 7.14. The summed E-state index contributed by atoms with van der Waals surface area (Å²) in [7, 11) is 1.68. The lowest BCUT2D eigenvalue weighted by Crippen LogP contribution is -2.56. The lowest BCUT2D eigenvalue weighted by Gasteiger charge is -2.36. The van der Waals surface area contributed by atoms with Crippen molar-refractivity contribution in [3.8, 4) is 5.75 Å². The van der Waals surface area contributed by atoms with Crippen LogP contribution in [0, 0.1) is 0 Å². The van der Waals surface area contributed by atoms with Gasteiger partial charge in [-0.3, -0.25) is 9.69 Å². The van der Waals surface area contributed by atoms with Gasteiger partial charge in [0.15, 0.2) is 0 Å². The van der Waals surface area contributed by atoms with Crippen molar-refractivity contribution in [2.24, 2.45) is 0 Å². The molecule has 3 rings (SSSR count). The van der Waals surface area contributed by atoms with Gasteiger partial charge in [-0.05, 0) is 50.6 Å². The highest BCUT2D eigenvalue weighted by Crippen LogP contribution is 2.26. The number of likely N-dealkylation sites (tertiary alicyclic amines) is 1. The quantitative estimate of drug-likeness (QED) is 0.808. The molecule has 2 saturated heterocycles. The van der Waals surface area contributed by atoms with E-state index in [9.17, 15) is 4.79 Å². The Kier molecular flexibility index (Phi) is 6.88. The van der Waals surface area contributed by atoms with Gasteiger partial charge in [-0.15, -0.1) is 0 Å². The lowest BCUT2D eigenvalue weighted by molar-refractivity contribution is -0.129. The molecule has 2 aliphatic rings. The number of nitrogens with zero attached hydrogens (tertiary/aromatic N) is 1. The summed E-state index contributed by atoms with van der Waals surface area (Å²) in [5, 5.41) is 6.41. The van der Waals surface area contributed by atoms with E-state index in [1.165, 1.54) is 24.8 Å². The number of carbonyl (C=O) groups is 1. The van der Waals surface area contributed by atoms with E-state index in [2.05, 4.69) is 27.7 Å². The number of hydrogen-bond acceptors (Lipinski definition) is 5. The Hall–Kier alpha value is -1.63. The van der Waals surface area contributed by atoms with E-state index in [-0.39, 0.29) is 24.1 Å². The first-order chi connectivity index (χ1) is 12.7. The molecule has 0 saturated carbocycles. The minimum atomic E-state index is -0.276. The molecule has 1 aromatic carbocycles. The molecule has 1 amide bonds. The number of ether oxygens (including phenoxy) is 2. The highest BCUT2D eigenvalue weighted by molar-refractivity contribution is 5.82. The molecule has 2 heterocycles. The molecule has 2 aliphatic heterocycles. The smallest absolute Gasteiger partial charge is 0.239 e. The van der Waals surface area contributed by atoms with Crippen molar-refractivity contribution in [3.63, 3.8) is 0 Å². The van der Waals surface area contributed by atoms with Crippen LogP contribution in [0.3, 0.4) is 0 Å². The van der Waals surface area contributed by atoms with Gasteiger partial charge in [-0.2, -0.15) is 0 Å². The zero-order valence-electron chi connectivity index (χ0n) is 15.9. The van der Waals surface area contributed by atoms with E-state index in [1.807, 2.05) is 19.1 Å². The van der Waals surface area contributed by atoms with Gasteiger partial charge in [0.25, 0.3) is 0 Å². The second kappa shape index (κ2) is 9.35. The molecule has 1 unspecified atom stereocenters. The van der Waals surface area contributed by atoms with Crippen LogP contribution in [-0.4, -0.2) is 62.8 Å². The molecule has 1 aromatic rings. The zero-order valence-corrected chi connectivity index (χ0v) is 15.9. The van der Waals surface area contributed by atoms with Crippen LogP contribution in [-0.2, 0) is 9.53 Å². The van der Waals surface area contributed by atoms with Gasteiger partial charge in [-0.1, -0.05) is 18.6 Å². The molecule has 6 heteroatoms. The Morgan fingerprint density at radius 3 is 2.69 bits per heavy atom. The topological polar surface area (TPSA) is 62.8 Å². The van der Waals surface area contributed by atoms with Crippen LogP contribution >= 0.6 is 0 Å². The highest BCUT2D eigenvalue weighted by atomic mass is 16.5. The Balaban J connectivity index is 1.67. The first kappa shape index (κ1) is 19.1. The van der Waals surface area contributed by atoms with E-state index in [0.29, 0.717) is 13.2 Å². The van der Waals surface area contributed by atoms with Gasteiger partial charge in [-0.25, -0.2) is 0 Å². The van der Waals surface area contributed by atoms with Crippen LogP contribution < -0.4 is 15.4 Å². The molecule has 144 valence electrons. The average molecular weight is 361 g/mol. The highest BCUT2D eigenvalue weighted by Gasteiger charge is 2.29. The van der Waals surface area contributed by atoms with Crippen molar-refractivity contribution in [3.05, 3.63) is 29.8 Å². The molecule has 2 N–H and O–H groups in total. The largest absolute Gasteiger partial charge is 0.497 e. The van der Waals surface area contributed by atoms with Crippen LogP contribution in [0.4, 0.5) is 0 Å². The molecule has 2 fully saturated rings. The monoisotopic (exact) mass is 361 g/mol. The van der Waals surface area contributed by atoms with Gasteiger partial charge < -0.3 is 20.1 Å². The van der Waals surface area contributed by atoms with Crippen LogP contribution in [0.25, 0.3) is 0 Å². The summed E-state index contributed by atoms with van der Waals surface area (Å²) in [6.07, 6.45) is 3.63. The minimum absolute atomic E-state index is 0.0210. The summed E-state index contributed by atoms with van der Waals surface area (Å²) < 4.78 is 10.9. The summed E-state index contributed by atoms with van der Waals surface area (Å²) in [6, 6.07) is 8.11. The SMILES string of the molecule is COc1ccc(C(CNC(=O)[C@H]2NCCO[C@@H]2C)N2CCCCC2)cc1. The van der Waals surface area contributed by atoms with E-state index in [0.717, 1.165) is 25.4 Å². The number of carbonyl (C=O) groups excluding carboxylic acids is 1. The summed E-state index contributed by atoms with van der Waals surface area (Å²) >= 11 is 0. The van der Waals surface area contributed by atoms with Gasteiger partial charge in [0.05, 0.1) is 25.9 Å². The molecule has 0 aliphatic carbocycles. The number of hydrogen-bond donors (Lipinski definition) is 2. The van der Waals surface area contributed by atoms with Crippen molar-refractivity contribution in [1.29, 1.82) is 0 Å². The number of amides is 1. The van der Waals surface area contributed by atoms with Crippen molar-refractivity contribution < 1.29 is 14.3 Å². The van der Waals surface area contributed by atoms with Crippen LogP contribution in [0.1, 0.15) is 37.8 Å². The van der Waals surface area contributed by atoms with Crippen LogP contribution in [0.2, 0.25) is 0 Å². The third-order valence-corrected chi connectivity index (χ3v) is 5.40. The summed E-state index contributed by atoms with van der Waals surface area (Å²) in [5.74, 6) is 0.875. The number of benzene rings is 1. The summed E-state index contributed by atoms with van der Waals surface area (Å²) in [4.78, 5) is 15.1. The fraction of sp³-hybridized carbons (Fsp3) is 0.650. The number of piperidine rings is 1. The number of morpholine rings is 1. The molecule has 0 radical (unpaired) electrons. The maximum Gasteiger partial charge on any atom is 0.239 e. The second-order valence-electron chi connectivity index (χ2n) is 7.14.